The molecular weight excluding hydrogens is 766 g/mol. The van der Waals surface area contributed by atoms with Crippen LogP contribution in [0.2, 0.25) is 0 Å². The van der Waals surface area contributed by atoms with E-state index in [4.69, 9.17) is 34.3 Å². The number of halogens is 6. The Balaban J connectivity index is 0.000000440. The normalized spacial score (nSPS) is 19.6. The van der Waals surface area contributed by atoms with Crippen LogP contribution >= 0.6 is 0 Å². The molecule has 1 aliphatic carbocycles. The number of alkyl halides is 6. The van der Waals surface area contributed by atoms with Crippen LogP contribution in [0.1, 0.15) is 47.8 Å². The van der Waals surface area contributed by atoms with Gasteiger partial charge in [-0.05, 0) is 43.0 Å². The van der Waals surface area contributed by atoms with E-state index in [0.717, 1.165) is 47.6 Å². The molecule has 3 atom stereocenters. The molecule has 1 amide bonds. The number of aliphatic hydroxyl groups is 1. The van der Waals surface area contributed by atoms with E-state index in [0.29, 0.717) is 38.2 Å². The number of carboxylic acids is 2. The van der Waals surface area contributed by atoms with E-state index in [2.05, 4.69) is 11.4 Å². The van der Waals surface area contributed by atoms with Crippen molar-refractivity contribution in [3.8, 4) is 22.8 Å². The van der Waals surface area contributed by atoms with Crippen LogP contribution < -0.4 is 10.1 Å². The Labute approximate surface area is 323 Å². The highest BCUT2D eigenvalue weighted by Gasteiger charge is 2.43. The Hall–Kier alpha value is -5.46. The Morgan fingerprint density at radius 2 is 1.46 bits per heavy atom. The summed E-state index contributed by atoms with van der Waals surface area (Å²) in [5.74, 6) is -4.05. The number of benzene rings is 3. The Morgan fingerprint density at radius 3 is 2.05 bits per heavy atom. The van der Waals surface area contributed by atoms with Crippen molar-refractivity contribution in [2.24, 2.45) is 0 Å². The van der Waals surface area contributed by atoms with Crippen LogP contribution in [0.5, 0.6) is 11.5 Å². The van der Waals surface area contributed by atoms with Crippen molar-refractivity contribution in [1.82, 2.24) is 19.8 Å². The van der Waals surface area contributed by atoms with Gasteiger partial charge >= 0.3 is 24.3 Å². The lowest BCUT2D eigenvalue weighted by atomic mass is 9.80. The fourth-order valence-corrected chi connectivity index (χ4v) is 6.64. The minimum Gasteiger partial charge on any atom is -0.475 e. The van der Waals surface area contributed by atoms with Crippen LogP contribution in [0.25, 0.3) is 11.3 Å². The summed E-state index contributed by atoms with van der Waals surface area (Å²) in [4.78, 5) is 39.0. The number of methoxy groups -OCH3 is 1. The summed E-state index contributed by atoms with van der Waals surface area (Å²) in [6.07, 6.45) is -4.42. The molecule has 2 aliphatic rings. The topological polar surface area (TPSA) is 163 Å². The van der Waals surface area contributed by atoms with Crippen LogP contribution in [0.4, 0.5) is 26.3 Å². The Bertz CT molecular complexity index is 1900. The summed E-state index contributed by atoms with van der Waals surface area (Å²) in [5.41, 5.74) is 2.08. The van der Waals surface area contributed by atoms with E-state index in [9.17, 15) is 36.2 Å². The van der Waals surface area contributed by atoms with Gasteiger partial charge in [-0.3, -0.25) is 4.79 Å². The number of piperazine rings is 1. The zero-order chi connectivity index (χ0) is 41.8. The first-order chi connectivity index (χ1) is 27.0. The maximum atomic E-state index is 14.5. The summed E-state index contributed by atoms with van der Waals surface area (Å²) in [6.45, 7) is 2.19. The molecule has 1 saturated carbocycles. The van der Waals surface area contributed by atoms with E-state index >= 15 is 0 Å². The Kier molecular flexibility index (Phi) is 15.2. The molecule has 0 bridgehead atoms. The standard InChI is InChI=1S/C35H40N4O4.2C2HF3O2/c1-42-24-35(41)19-11-10-18-31(35)39-25-37-32(33(39)26-12-4-2-5-13-26)34(40)38-21-20-36-23-28(38)22-27-14-8-9-17-30(27)43-29-15-6-3-7-16-29;2*3-2(4,5)1(6)7/h2-9,12-17,25,28,31,36,41H,10-11,18-24H2,1H3;2*(H,6,7)/t28-,31-,35-;;/m1../s1. The number of carbonyl (C=O) groups excluding carboxylic acids is 1. The lowest BCUT2D eigenvalue weighted by Gasteiger charge is -2.41. The number of ether oxygens (including phenoxy) is 2. The number of para-hydroxylation sites is 2. The summed E-state index contributed by atoms with van der Waals surface area (Å²) < 4.78 is 77.2. The first-order valence-corrected chi connectivity index (χ1v) is 17.7. The molecule has 18 heteroatoms. The average molecular weight is 809 g/mol. The molecule has 2 fully saturated rings. The highest BCUT2D eigenvalue weighted by molar-refractivity contribution is 5.98. The summed E-state index contributed by atoms with van der Waals surface area (Å²) in [7, 11) is 1.62. The number of imidazole rings is 1. The number of carboxylic acid groups (broad SMARTS) is 2. The Morgan fingerprint density at radius 1 is 0.877 bits per heavy atom. The minimum atomic E-state index is -5.08. The van der Waals surface area contributed by atoms with E-state index in [-0.39, 0.29) is 24.6 Å². The van der Waals surface area contributed by atoms with Crippen molar-refractivity contribution in [3.05, 3.63) is 103 Å². The maximum Gasteiger partial charge on any atom is 0.490 e. The van der Waals surface area contributed by atoms with Gasteiger partial charge in [0.25, 0.3) is 5.91 Å². The third-order valence-electron chi connectivity index (χ3n) is 9.23. The highest BCUT2D eigenvalue weighted by atomic mass is 19.4. The van der Waals surface area contributed by atoms with E-state index in [1.165, 1.54) is 0 Å². The quantitative estimate of drug-likeness (QED) is 0.133. The fourth-order valence-electron chi connectivity index (χ4n) is 6.64. The van der Waals surface area contributed by atoms with E-state index in [1.54, 1.807) is 13.4 Å². The van der Waals surface area contributed by atoms with E-state index in [1.807, 2.05) is 88.3 Å². The maximum absolute atomic E-state index is 14.5. The zero-order valence-corrected chi connectivity index (χ0v) is 30.7. The van der Waals surface area contributed by atoms with Crippen LogP contribution in [0.15, 0.2) is 91.3 Å². The van der Waals surface area contributed by atoms with Gasteiger partial charge in [-0.2, -0.15) is 26.3 Å². The van der Waals surface area contributed by atoms with Crippen LogP contribution in [0, 0.1) is 0 Å². The molecule has 12 nitrogen and oxygen atoms in total. The molecular formula is C39H42F6N4O8. The number of aliphatic carboxylic acids is 2. The number of carbonyl (C=O) groups is 3. The monoisotopic (exact) mass is 808 g/mol. The number of nitrogens with one attached hydrogen (secondary N) is 1. The van der Waals surface area contributed by atoms with Crippen LogP contribution in [-0.2, 0) is 20.7 Å². The van der Waals surface area contributed by atoms with Crippen LogP contribution in [-0.4, -0.2) is 105 Å². The smallest absolute Gasteiger partial charge is 0.475 e. The second-order valence-corrected chi connectivity index (χ2v) is 13.2. The third-order valence-corrected chi connectivity index (χ3v) is 9.23. The van der Waals surface area contributed by atoms with Gasteiger partial charge in [0.2, 0.25) is 0 Å². The van der Waals surface area contributed by atoms with Gasteiger partial charge in [-0.15, -0.1) is 0 Å². The molecule has 0 unspecified atom stereocenters. The van der Waals surface area contributed by atoms with Gasteiger partial charge in [-0.25, -0.2) is 14.6 Å². The van der Waals surface area contributed by atoms with Crippen molar-refractivity contribution in [2.75, 3.05) is 33.4 Å². The molecule has 1 aromatic heterocycles. The second-order valence-electron chi connectivity index (χ2n) is 13.2. The van der Waals surface area contributed by atoms with Crippen LogP contribution in [0.3, 0.4) is 0 Å². The lowest BCUT2D eigenvalue weighted by Crippen LogP contribution is -2.54. The summed E-state index contributed by atoms with van der Waals surface area (Å²) in [6, 6.07) is 27.4. The predicted molar refractivity (Wildman–Crippen MR) is 194 cm³/mol. The molecule has 2 heterocycles. The van der Waals surface area contributed by atoms with Crippen molar-refractivity contribution >= 4 is 17.8 Å². The molecule has 0 radical (unpaired) electrons. The van der Waals surface area contributed by atoms with Crippen molar-refractivity contribution < 1.29 is 65.5 Å². The first kappa shape index (κ1) is 44.3. The fraction of sp³-hybridized carbons (Fsp3) is 0.385. The average Bonchev–Trinajstić information content (AvgIpc) is 3.61. The van der Waals surface area contributed by atoms with Gasteiger partial charge < -0.3 is 39.6 Å². The van der Waals surface area contributed by atoms with E-state index < -0.39 is 29.9 Å². The minimum absolute atomic E-state index is 0.0874. The SMILES string of the molecule is COC[C@]1(O)CCCC[C@H]1n1cnc(C(=O)N2CCNC[C@H]2Cc2ccccc2Oc2ccccc2)c1-c1ccccc1.O=C(O)C(F)(F)F.O=C(O)C(F)(F)F. The number of nitrogens with zero attached hydrogens (tertiary/aromatic N) is 3. The van der Waals surface area contributed by atoms with Gasteiger partial charge in [0, 0.05) is 38.3 Å². The number of rotatable bonds is 9. The number of amides is 1. The highest BCUT2D eigenvalue weighted by Crippen LogP contribution is 2.41. The predicted octanol–water partition coefficient (Wildman–Crippen LogP) is 6.76. The number of hydrogen-bond acceptors (Lipinski definition) is 8. The molecule has 3 aromatic carbocycles. The third kappa shape index (κ3) is 12.0. The molecule has 308 valence electrons. The number of hydrogen-bond donors (Lipinski definition) is 4. The van der Waals surface area contributed by atoms with Gasteiger partial charge in [0.15, 0.2) is 5.69 Å². The van der Waals surface area contributed by atoms with Crippen molar-refractivity contribution in [2.45, 2.75) is 62.1 Å². The zero-order valence-electron chi connectivity index (χ0n) is 30.7. The van der Waals surface area contributed by atoms with Gasteiger partial charge in [0.1, 0.15) is 17.1 Å². The largest absolute Gasteiger partial charge is 0.490 e. The molecule has 0 spiro atoms. The first-order valence-electron chi connectivity index (χ1n) is 17.7. The molecule has 57 heavy (non-hydrogen) atoms. The summed E-state index contributed by atoms with van der Waals surface area (Å²) in [5, 5.41) is 29.4. The number of aromatic nitrogens is 2. The molecule has 6 rings (SSSR count). The van der Waals surface area contributed by atoms with Crippen molar-refractivity contribution in [1.29, 1.82) is 0 Å². The molecule has 1 aliphatic heterocycles. The summed E-state index contributed by atoms with van der Waals surface area (Å²) >= 11 is 0. The van der Waals surface area contributed by atoms with Gasteiger partial charge in [-0.1, -0.05) is 79.6 Å². The molecule has 4 N–H and O–H groups in total. The second kappa shape index (κ2) is 19.6. The lowest BCUT2D eigenvalue weighted by molar-refractivity contribution is -0.193. The van der Waals surface area contributed by atoms with Crippen molar-refractivity contribution in [3.63, 3.8) is 0 Å². The molecule has 4 aromatic rings. The van der Waals surface area contributed by atoms with Gasteiger partial charge in [0.05, 0.1) is 24.7 Å². The molecule has 1 saturated heterocycles.